The van der Waals surface area contributed by atoms with Crippen molar-refractivity contribution in [2.24, 2.45) is 0 Å². The third-order valence-corrected chi connectivity index (χ3v) is 9.59. The highest BCUT2D eigenvalue weighted by atomic mass is 16.3. The van der Waals surface area contributed by atoms with Gasteiger partial charge in [-0.3, -0.25) is 0 Å². The second-order valence-electron chi connectivity index (χ2n) is 12.3. The highest BCUT2D eigenvalue weighted by Gasteiger charge is 2.20. The molecule has 0 fully saturated rings. The molecule has 9 aromatic carbocycles. The first-order valence-corrected chi connectivity index (χ1v) is 16.4. The molecule has 1 heterocycles. The van der Waals surface area contributed by atoms with Gasteiger partial charge in [0.25, 0.3) is 0 Å². The van der Waals surface area contributed by atoms with E-state index in [4.69, 9.17) is 9.90 Å². The van der Waals surface area contributed by atoms with Crippen molar-refractivity contribution in [2.45, 2.75) is 0 Å². The summed E-state index contributed by atoms with van der Waals surface area (Å²) >= 11 is 0. The van der Waals surface area contributed by atoms with Gasteiger partial charge in [0, 0.05) is 10.8 Å². The van der Waals surface area contributed by atoms with E-state index in [1.807, 2.05) is 66.7 Å². The highest BCUT2D eigenvalue weighted by molar-refractivity contribution is 6.25. The molecule has 1 heteroatoms. The average Bonchev–Trinajstić information content (AvgIpc) is 3.63. The number of fused-ring (bicyclic) bond motifs is 6. The van der Waals surface area contributed by atoms with E-state index >= 15 is 0 Å². The van der Waals surface area contributed by atoms with Crippen LogP contribution in [-0.4, -0.2) is 0 Å². The average molecular weight is 629 g/mol. The summed E-state index contributed by atoms with van der Waals surface area (Å²) in [5.74, 6) is 0. The number of furan rings is 1. The fourth-order valence-corrected chi connectivity index (χ4v) is 7.39. The van der Waals surface area contributed by atoms with Gasteiger partial charge in [0.05, 0.1) is 8.22 Å². The number of hydrogen-bond acceptors (Lipinski definition) is 1. The van der Waals surface area contributed by atoms with Crippen LogP contribution in [0.5, 0.6) is 0 Å². The summed E-state index contributed by atoms with van der Waals surface area (Å²) in [4.78, 5) is 0. The molecule has 0 bridgehead atoms. The summed E-state index contributed by atoms with van der Waals surface area (Å²) in [5, 5.41) is 6.54. The van der Waals surface area contributed by atoms with Crippen LogP contribution in [0.2, 0.25) is 0 Å². The minimum Gasteiger partial charge on any atom is -0.456 e. The monoisotopic (exact) mass is 628 g/mol. The van der Waals surface area contributed by atoms with Crippen LogP contribution < -0.4 is 0 Å². The fraction of sp³-hybridized carbons (Fsp3) is 0. The molecule has 228 valence electrons. The molecular formula is C48H30O. The SMILES string of the molecule is [2H]c1c(-c2ccccc2)c([2H])c2c(oc3c([2H])c([2H])c([2H])c(-c4c5ccccc5c(-c5ccc(-c6cccc7ccccc67)cc5)c5ccccc45)c32)c1[2H]. The Kier molecular flexibility index (Phi) is 5.02. The maximum atomic E-state index is 9.53. The van der Waals surface area contributed by atoms with Gasteiger partial charge in [0.1, 0.15) is 11.2 Å². The van der Waals surface area contributed by atoms with Crippen LogP contribution in [0, 0.1) is 0 Å². The quantitative estimate of drug-likeness (QED) is 0.177. The van der Waals surface area contributed by atoms with E-state index in [0.717, 1.165) is 43.8 Å². The smallest absolute Gasteiger partial charge is 0.136 e. The first-order valence-electron chi connectivity index (χ1n) is 19.4. The van der Waals surface area contributed by atoms with Gasteiger partial charge in [-0.1, -0.05) is 164 Å². The van der Waals surface area contributed by atoms with Crippen molar-refractivity contribution < 1.29 is 12.6 Å². The molecule has 0 aliphatic rings. The summed E-state index contributed by atoms with van der Waals surface area (Å²) in [6.45, 7) is 0. The van der Waals surface area contributed by atoms with Crippen molar-refractivity contribution in [1.82, 2.24) is 0 Å². The molecule has 1 nitrogen and oxygen atoms in total. The Hall–Kier alpha value is -6.44. The Morgan fingerprint density at radius 2 is 0.980 bits per heavy atom. The fourth-order valence-electron chi connectivity index (χ4n) is 7.39. The van der Waals surface area contributed by atoms with Crippen LogP contribution in [0.1, 0.15) is 8.22 Å². The zero-order valence-corrected chi connectivity index (χ0v) is 26.3. The van der Waals surface area contributed by atoms with E-state index in [2.05, 4.69) is 78.9 Å². The van der Waals surface area contributed by atoms with Crippen LogP contribution >= 0.6 is 0 Å². The van der Waals surface area contributed by atoms with Gasteiger partial charge in [0.15, 0.2) is 0 Å². The highest BCUT2D eigenvalue weighted by Crippen LogP contribution is 2.47. The second-order valence-corrected chi connectivity index (χ2v) is 12.3. The molecule has 0 radical (unpaired) electrons. The predicted molar refractivity (Wildman–Crippen MR) is 208 cm³/mol. The van der Waals surface area contributed by atoms with Crippen LogP contribution in [0.25, 0.3) is 98.8 Å². The lowest BCUT2D eigenvalue weighted by Gasteiger charge is -2.18. The van der Waals surface area contributed by atoms with Crippen molar-refractivity contribution >= 4 is 54.3 Å². The summed E-state index contributed by atoms with van der Waals surface area (Å²) in [5.41, 5.74) is 6.31. The summed E-state index contributed by atoms with van der Waals surface area (Å²) in [7, 11) is 0. The summed E-state index contributed by atoms with van der Waals surface area (Å²) in [6, 6.07) is 47.5. The van der Waals surface area contributed by atoms with E-state index in [0.29, 0.717) is 22.1 Å². The molecule has 0 spiro atoms. The minimum atomic E-state index is -0.310. The zero-order valence-electron chi connectivity index (χ0n) is 32.3. The summed E-state index contributed by atoms with van der Waals surface area (Å²) in [6.07, 6.45) is 0. The Balaban J connectivity index is 1.29. The van der Waals surface area contributed by atoms with Crippen molar-refractivity contribution in [2.75, 3.05) is 0 Å². The van der Waals surface area contributed by atoms with Gasteiger partial charge in [-0.05, 0) is 95.0 Å². The molecular weight excluding hydrogens is 593 g/mol. The molecule has 0 saturated carbocycles. The molecule has 0 atom stereocenters. The lowest BCUT2D eigenvalue weighted by molar-refractivity contribution is 0.669. The molecule has 10 aromatic rings. The first kappa shape index (κ1) is 22.2. The lowest BCUT2D eigenvalue weighted by atomic mass is 9.84. The molecule has 0 amide bonds. The molecule has 49 heavy (non-hydrogen) atoms. The molecule has 0 saturated heterocycles. The van der Waals surface area contributed by atoms with Crippen molar-refractivity contribution in [1.29, 1.82) is 0 Å². The molecule has 10 rings (SSSR count). The van der Waals surface area contributed by atoms with E-state index in [-0.39, 0.29) is 58.4 Å². The molecule has 0 N–H and O–H groups in total. The Morgan fingerprint density at radius 1 is 0.367 bits per heavy atom. The molecule has 0 aliphatic carbocycles. The van der Waals surface area contributed by atoms with Gasteiger partial charge in [-0.15, -0.1) is 0 Å². The van der Waals surface area contributed by atoms with E-state index in [9.17, 15) is 2.74 Å². The summed E-state index contributed by atoms with van der Waals surface area (Å²) < 4.78 is 61.2. The number of rotatable bonds is 4. The standard InChI is InChI=1S/C48H30O/c1-2-12-31(13-3-1)35-28-29-44-43(30-35)48-42(22-11-23-45(48)49-44)47-40-19-8-6-17-38(40)46(39-18-7-9-20-41(39)47)34-26-24-33(25-27-34)37-21-10-15-32-14-4-5-16-36(32)37/h1-30H/i11D,22D,23D,28D,29D,30D. The van der Waals surface area contributed by atoms with Gasteiger partial charge < -0.3 is 4.42 Å². The third-order valence-electron chi connectivity index (χ3n) is 9.59. The van der Waals surface area contributed by atoms with Crippen LogP contribution in [0.3, 0.4) is 0 Å². The topological polar surface area (TPSA) is 13.1 Å². The Morgan fingerprint density at radius 3 is 1.71 bits per heavy atom. The van der Waals surface area contributed by atoms with Crippen LogP contribution in [-0.2, 0) is 0 Å². The minimum absolute atomic E-state index is 0.000877. The maximum absolute atomic E-state index is 9.53. The second kappa shape index (κ2) is 11.1. The van der Waals surface area contributed by atoms with Crippen molar-refractivity contribution in [3.05, 3.63) is 182 Å². The number of benzene rings is 9. The van der Waals surface area contributed by atoms with Crippen LogP contribution in [0.4, 0.5) is 0 Å². The van der Waals surface area contributed by atoms with Crippen molar-refractivity contribution in [3.63, 3.8) is 0 Å². The predicted octanol–water partition coefficient (Wildman–Crippen LogP) is 13.7. The third kappa shape index (κ3) is 4.40. The largest absolute Gasteiger partial charge is 0.456 e. The Bertz CT molecular complexity index is 3140. The molecule has 0 aliphatic heterocycles. The first-order chi connectivity index (χ1) is 26.8. The molecule has 0 unspecified atom stereocenters. The normalized spacial score (nSPS) is 13.4. The van der Waals surface area contributed by atoms with Gasteiger partial charge in [-0.2, -0.15) is 0 Å². The molecule has 1 aromatic heterocycles. The lowest BCUT2D eigenvalue weighted by Crippen LogP contribution is -1.91. The maximum Gasteiger partial charge on any atom is 0.136 e. The van der Waals surface area contributed by atoms with E-state index in [1.165, 1.54) is 10.8 Å². The van der Waals surface area contributed by atoms with Gasteiger partial charge >= 0.3 is 0 Å². The number of hydrogen-bond donors (Lipinski definition) is 0. The van der Waals surface area contributed by atoms with Crippen LogP contribution in [0.15, 0.2) is 186 Å². The van der Waals surface area contributed by atoms with E-state index < -0.39 is 0 Å². The Labute approximate surface area is 292 Å². The zero-order chi connectivity index (χ0) is 37.5. The van der Waals surface area contributed by atoms with E-state index in [1.54, 1.807) is 0 Å². The van der Waals surface area contributed by atoms with Gasteiger partial charge in [0.2, 0.25) is 0 Å². The van der Waals surface area contributed by atoms with Crippen molar-refractivity contribution in [3.8, 4) is 44.5 Å². The van der Waals surface area contributed by atoms with Gasteiger partial charge in [-0.25, -0.2) is 0 Å².